The predicted molar refractivity (Wildman–Crippen MR) is 116 cm³/mol. The Bertz CT molecular complexity index is 863. The van der Waals surface area contributed by atoms with Crippen LogP contribution < -0.4 is 10.0 Å². The van der Waals surface area contributed by atoms with Crippen LogP contribution >= 0.6 is 0 Å². The molecule has 2 aliphatic rings. The van der Waals surface area contributed by atoms with Crippen molar-refractivity contribution in [3.05, 3.63) is 29.8 Å². The first-order valence-corrected chi connectivity index (χ1v) is 12.5. The fourth-order valence-corrected chi connectivity index (χ4v) is 5.60. The maximum absolute atomic E-state index is 13.0. The lowest BCUT2D eigenvalue weighted by atomic mass is 9.93. The minimum Gasteiger partial charge on any atom is -0.353 e. The van der Waals surface area contributed by atoms with Gasteiger partial charge in [0.2, 0.25) is 15.9 Å². The summed E-state index contributed by atoms with van der Waals surface area (Å²) >= 11 is 0. The SMILES string of the molecule is CC(C)NS(=O)(=O)c1cccc(C(=O)N2CCCC(C(=O)NC3CCCCC3)C2)c1. The van der Waals surface area contributed by atoms with E-state index in [0.29, 0.717) is 18.7 Å². The van der Waals surface area contributed by atoms with Gasteiger partial charge in [-0.05, 0) is 57.7 Å². The molecule has 166 valence electrons. The molecule has 1 aliphatic carbocycles. The maximum Gasteiger partial charge on any atom is 0.253 e. The van der Waals surface area contributed by atoms with E-state index in [9.17, 15) is 18.0 Å². The first kappa shape index (κ1) is 22.7. The lowest BCUT2D eigenvalue weighted by molar-refractivity contribution is -0.127. The van der Waals surface area contributed by atoms with Crippen LogP contribution in [-0.4, -0.2) is 50.3 Å². The Morgan fingerprint density at radius 1 is 1.07 bits per heavy atom. The van der Waals surface area contributed by atoms with Gasteiger partial charge in [0.1, 0.15) is 0 Å². The summed E-state index contributed by atoms with van der Waals surface area (Å²) in [6.07, 6.45) is 7.16. The van der Waals surface area contributed by atoms with E-state index < -0.39 is 10.0 Å². The standard InChI is InChI=1S/C22H33N3O4S/c1-16(2)24-30(28,29)20-12-6-8-17(14-20)22(27)25-13-7-9-18(15-25)21(26)23-19-10-4-3-5-11-19/h6,8,12,14,16,18-19,24H,3-5,7,9-11,13,15H2,1-2H3,(H,23,26). The number of nitrogens with zero attached hydrogens (tertiary/aromatic N) is 1. The molecule has 1 aliphatic heterocycles. The smallest absolute Gasteiger partial charge is 0.253 e. The van der Waals surface area contributed by atoms with Crippen LogP contribution in [0.15, 0.2) is 29.2 Å². The van der Waals surface area contributed by atoms with Crippen LogP contribution in [0.4, 0.5) is 0 Å². The minimum atomic E-state index is -3.67. The fourth-order valence-electron chi connectivity index (χ4n) is 4.30. The Morgan fingerprint density at radius 3 is 2.50 bits per heavy atom. The minimum absolute atomic E-state index is 0.0388. The first-order chi connectivity index (χ1) is 14.3. The zero-order valence-electron chi connectivity index (χ0n) is 17.9. The molecule has 1 saturated heterocycles. The number of piperidine rings is 1. The highest BCUT2D eigenvalue weighted by molar-refractivity contribution is 7.89. The second-order valence-corrected chi connectivity index (χ2v) is 10.5. The summed E-state index contributed by atoms with van der Waals surface area (Å²) in [5, 5.41) is 3.17. The Labute approximate surface area is 179 Å². The molecule has 1 heterocycles. The molecule has 1 unspecified atom stereocenters. The van der Waals surface area contributed by atoms with Crippen LogP contribution in [0.2, 0.25) is 0 Å². The van der Waals surface area contributed by atoms with E-state index in [1.807, 2.05) is 0 Å². The monoisotopic (exact) mass is 435 g/mol. The molecule has 3 rings (SSSR count). The van der Waals surface area contributed by atoms with E-state index in [1.54, 1.807) is 30.9 Å². The van der Waals surface area contributed by atoms with Gasteiger partial charge >= 0.3 is 0 Å². The van der Waals surface area contributed by atoms with Crippen molar-refractivity contribution in [3.8, 4) is 0 Å². The van der Waals surface area contributed by atoms with Gasteiger partial charge in [-0.2, -0.15) is 0 Å². The highest BCUT2D eigenvalue weighted by atomic mass is 32.2. The van der Waals surface area contributed by atoms with Crippen LogP contribution in [-0.2, 0) is 14.8 Å². The van der Waals surface area contributed by atoms with Gasteiger partial charge in [0.15, 0.2) is 0 Å². The average Bonchev–Trinajstić information content (AvgIpc) is 2.73. The molecular formula is C22H33N3O4S. The summed E-state index contributed by atoms with van der Waals surface area (Å²) in [5.74, 6) is -0.400. The Balaban J connectivity index is 1.66. The molecule has 8 heteroatoms. The summed E-state index contributed by atoms with van der Waals surface area (Å²) in [4.78, 5) is 27.5. The molecule has 1 saturated carbocycles. The third kappa shape index (κ3) is 5.82. The van der Waals surface area contributed by atoms with Crippen LogP contribution in [0.5, 0.6) is 0 Å². The van der Waals surface area contributed by atoms with Gasteiger partial charge in [0.25, 0.3) is 5.91 Å². The molecule has 0 aromatic heterocycles. The van der Waals surface area contributed by atoms with Gasteiger partial charge in [0, 0.05) is 30.7 Å². The molecule has 2 amide bonds. The summed E-state index contributed by atoms with van der Waals surface area (Å²) in [7, 11) is -3.67. The first-order valence-electron chi connectivity index (χ1n) is 11.0. The lowest BCUT2D eigenvalue weighted by Crippen LogP contribution is -2.48. The molecular weight excluding hydrogens is 402 g/mol. The van der Waals surface area contributed by atoms with E-state index in [0.717, 1.165) is 38.5 Å². The van der Waals surface area contributed by atoms with Crippen molar-refractivity contribution < 1.29 is 18.0 Å². The van der Waals surface area contributed by atoms with Crippen LogP contribution in [0.25, 0.3) is 0 Å². The molecule has 7 nitrogen and oxygen atoms in total. The second kappa shape index (κ2) is 9.92. The van der Waals surface area contributed by atoms with Gasteiger partial charge in [-0.25, -0.2) is 13.1 Å². The van der Waals surface area contributed by atoms with E-state index >= 15 is 0 Å². The summed E-state index contributed by atoms with van der Waals surface area (Å²) in [6.45, 7) is 4.45. The van der Waals surface area contributed by atoms with Gasteiger partial charge in [-0.15, -0.1) is 0 Å². The van der Waals surface area contributed by atoms with Crippen molar-refractivity contribution in [2.75, 3.05) is 13.1 Å². The number of carbonyl (C=O) groups is 2. The third-order valence-corrected chi connectivity index (χ3v) is 7.47. The van der Waals surface area contributed by atoms with Crippen LogP contribution in [0, 0.1) is 5.92 Å². The van der Waals surface area contributed by atoms with Crippen LogP contribution in [0.3, 0.4) is 0 Å². The molecule has 0 radical (unpaired) electrons. The Morgan fingerprint density at radius 2 is 1.80 bits per heavy atom. The number of nitrogens with one attached hydrogen (secondary N) is 2. The third-order valence-electron chi connectivity index (χ3n) is 5.81. The maximum atomic E-state index is 13.0. The molecule has 30 heavy (non-hydrogen) atoms. The van der Waals surface area contributed by atoms with Crippen molar-refractivity contribution >= 4 is 21.8 Å². The van der Waals surface area contributed by atoms with Crippen LogP contribution in [0.1, 0.15) is 69.2 Å². The number of hydrogen-bond acceptors (Lipinski definition) is 4. The average molecular weight is 436 g/mol. The summed E-state index contributed by atoms with van der Waals surface area (Å²) in [5.41, 5.74) is 0.329. The topological polar surface area (TPSA) is 95.6 Å². The number of carbonyl (C=O) groups excluding carboxylic acids is 2. The zero-order valence-corrected chi connectivity index (χ0v) is 18.7. The normalized spacial score (nSPS) is 20.9. The van der Waals surface area contributed by atoms with Crippen molar-refractivity contribution in [1.29, 1.82) is 0 Å². The van der Waals surface area contributed by atoms with Gasteiger partial charge < -0.3 is 10.2 Å². The van der Waals surface area contributed by atoms with E-state index in [2.05, 4.69) is 10.0 Å². The Hall–Kier alpha value is -1.93. The molecule has 2 N–H and O–H groups in total. The number of hydrogen-bond donors (Lipinski definition) is 2. The van der Waals surface area contributed by atoms with Crippen molar-refractivity contribution in [1.82, 2.24) is 14.9 Å². The number of sulfonamides is 1. The van der Waals surface area contributed by atoms with E-state index in [1.165, 1.54) is 18.6 Å². The number of benzene rings is 1. The molecule has 2 fully saturated rings. The zero-order chi connectivity index (χ0) is 21.7. The number of likely N-dealkylation sites (tertiary alicyclic amines) is 1. The quantitative estimate of drug-likeness (QED) is 0.718. The fraction of sp³-hybridized carbons (Fsp3) is 0.636. The lowest BCUT2D eigenvalue weighted by Gasteiger charge is -2.33. The molecule has 1 aromatic rings. The number of amides is 2. The summed E-state index contributed by atoms with van der Waals surface area (Å²) < 4.78 is 27.4. The second-order valence-electron chi connectivity index (χ2n) is 8.74. The molecule has 0 spiro atoms. The molecule has 0 bridgehead atoms. The van der Waals surface area contributed by atoms with E-state index in [4.69, 9.17) is 0 Å². The van der Waals surface area contributed by atoms with Crippen molar-refractivity contribution in [2.24, 2.45) is 5.92 Å². The van der Waals surface area contributed by atoms with Gasteiger partial charge in [0.05, 0.1) is 10.8 Å². The molecule has 1 aromatic carbocycles. The highest BCUT2D eigenvalue weighted by Gasteiger charge is 2.30. The number of rotatable bonds is 6. The van der Waals surface area contributed by atoms with E-state index in [-0.39, 0.29) is 34.7 Å². The Kier molecular flexibility index (Phi) is 7.52. The largest absolute Gasteiger partial charge is 0.353 e. The van der Waals surface area contributed by atoms with Crippen molar-refractivity contribution in [2.45, 2.75) is 75.8 Å². The summed E-state index contributed by atoms with van der Waals surface area (Å²) in [6, 6.07) is 6.13. The highest BCUT2D eigenvalue weighted by Crippen LogP contribution is 2.22. The predicted octanol–water partition coefficient (Wildman–Crippen LogP) is 2.67. The van der Waals surface area contributed by atoms with Crippen molar-refractivity contribution in [3.63, 3.8) is 0 Å². The van der Waals surface area contributed by atoms with Gasteiger partial charge in [-0.3, -0.25) is 9.59 Å². The van der Waals surface area contributed by atoms with Gasteiger partial charge in [-0.1, -0.05) is 25.3 Å². The molecule has 1 atom stereocenters.